The van der Waals surface area contributed by atoms with Crippen LogP contribution in [-0.4, -0.2) is 38.1 Å². The number of hydrogen-bond acceptors (Lipinski definition) is 3. The first-order valence-electron chi connectivity index (χ1n) is 7.14. The average Bonchev–Trinajstić information content (AvgIpc) is 2.45. The summed E-state index contributed by atoms with van der Waals surface area (Å²) >= 11 is 0. The Morgan fingerprint density at radius 3 is 2.43 bits per heavy atom. The van der Waals surface area contributed by atoms with Gasteiger partial charge in [-0.25, -0.2) is 0 Å². The van der Waals surface area contributed by atoms with E-state index in [0.29, 0.717) is 11.6 Å². The molecule has 1 saturated heterocycles. The smallest absolute Gasteiger partial charge is 0.371 e. The summed E-state index contributed by atoms with van der Waals surface area (Å²) in [5.41, 5.74) is 6.37. The van der Waals surface area contributed by atoms with Crippen molar-refractivity contribution in [1.82, 2.24) is 4.90 Å². The molecule has 2 rings (SSSR count). The number of rotatable bonds is 3. The van der Waals surface area contributed by atoms with Crippen LogP contribution >= 0.6 is 0 Å². The zero-order chi connectivity index (χ0) is 15.6. The van der Waals surface area contributed by atoms with E-state index >= 15 is 0 Å². The molecule has 0 radical (unpaired) electrons. The van der Waals surface area contributed by atoms with Crippen LogP contribution in [0.5, 0.6) is 0 Å². The van der Waals surface area contributed by atoms with Gasteiger partial charge in [0.05, 0.1) is 5.56 Å². The number of piperidine rings is 1. The lowest BCUT2D eigenvalue weighted by Crippen LogP contribution is -2.42. The Bertz CT molecular complexity index is 480. The topological polar surface area (TPSA) is 32.5 Å². The molecule has 0 atom stereocenters. The van der Waals surface area contributed by atoms with E-state index in [1.165, 1.54) is 6.07 Å². The second-order valence-corrected chi connectivity index (χ2v) is 5.69. The van der Waals surface area contributed by atoms with E-state index in [9.17, 15) is 13.2 Å². The molecule has 1 aromatic rings. The van der Waals surface area contributed by atoms with Gasteiger partial charge in [-0.2, -0.15) is 13.2 Å². The molecule has 1 heterocycles. The first kappa shape index (κ1) is 16.1. The monoisotopic (exact) mass is 301 g/mol. The number of likely N-dealkylation sites (tertiary alicyclic amines) is 1. The fourth-order valence-electron chi connectivity index (χ4n) is 2.85. The summed E-state index contributed by atoms with van der Waals surface area (Å²) in [6.45, 7) is 2.12. The highest BCUT2D eigenvalue weighted by Gasteiger charge is 2.31. The predicted octanol–water partition coefficient (Wildman–Crippen LogP) is 2.69. The van der Waals surface area contributed by atoms with Crippen LogP contribution in [-0.2, 0) is 12.7 Å². The third-order valence-corrected chi connectivity index (χ3v) is 4.24. The lowest BCUT2D eigenvalue weighted by molar-refractivity contribution is -0.137. The maximum Gasteiger partial charge on any atom is 0.416 e. The molecule has 0 unspecified atom stereocenters. The van der Waals surface area contributed by atoms with Crippen molar-refractivity contribution < 1.29 is 13.2 Å². The van der Waals surface area contributed by atoms with E-state index in [2.05, 4.69) is 16.8 Å². The molecule has 21 heavy (non-hydrogen) atoms. The molecule has 3 nitrogen and oxygen atoms in total. The number of halogens is 3. The maximum absolute atomic E-state index is 12.8. The van der Waals surface area contributed by atoms with Gasteiger partial charge in [-0.05, 0) is 56.7 Å². The SMILES string of the molecule is CN1CCC(N(C)c2ccc(C(F)(F)F)cc2CN)CC1. The van der Waals surface area contributed by atoms with E-state index in [1.807, 2.05) is 7.05 Å². The molecule has 1 fully saturated rings. The lowest BCUT2D eigenvalue weighted by Gasteiger charge is -2.37. The summed E-state index contributed by atoms with van der Waals surface area (Å²) < 4.78 is 38.3. The molecule has 1 aliphatic rings. The van der Waals surface area contributed by atoms with Crippen molar-refractivity contribution in [3.63, 3.8) is 0 Å². The Morgan fingerprint density at radius 2 is 1.90 bits per heavy atom. The summed E-state index contributed by atoms with van der Waals surface area (Å²) in [5.74, 6) is 0. The molecule has 0 amide bonds. The number of hydrogen-bond donors (Lipinski definition) is 1. The van der Waals surface area contributed by atoms with E-state index in [4.69, 9.17) is 5.73 Å². The van der Waals surface area contributed by atoms with Gasteiger partial charge >= 0.3 is 6.18 Å². The van der Waals surface area contributed by atoms with Gasteiger partial charge in [0, 0.05) is 25.3 Å². The standard InChI is InChI=1S/C15H22F3N3/c1-20-7-5-13(6-8-20)21(2)14-4-3-12(15(16,17)18)9-11(14)10-19/h3-4,9,13H,5-8,10,19H2,1-2H3. The van der Waals surface area contributed by atoms with Crippen molar-refractivity contribution in [2.75, 3.05) is 32.1 Å². The minimum atomic E-state index is -4.32. The molecule has 2 N–H and O–H groups in total. The molecular weight excluding hydrogens is 279 g/mol. The van der Waals surface area contributed by atoms with E-state index in [0.717, 1.165) is 37.7 Å². The lowest BCUT2D eigenvalue weighted by atomic mass is 10.0. The Morgan fingerprint density at radius 1 is 1.29 bits per heavy atom. The van der Waals surface area contributed by atoms with Gasteiger partial charge < -0.3 is 15.5 Å². The van der Waals surface area contributed by atoms with Crippen molar-refractivity contribution in [2.45, 2.75) is 31.6 Å². The average molecular weight is 301 g/mol. The third kappa shape index (κ3) is 3.68. The zero-order valence-corrected chi connectivity index (χ0v) is 12.5. The van der Waals surface area contributed by atoms with Crippen LogP contribution in [0.15, 0.2) is 18.2 Å². The van der Waals surface area contributed by atoms with Gasteiger partial charge in [0.2, 0.25) is 0 Å². The van der Waals surface area contributed by atoms with Crippen LogP contribution in [0.2, 0.25) is 0 Å². The van der Waals surface area contributed by atoms with Crippen LogP contribution < -0.4 is 10.6 Å². The number of alkyl halides is 3. The molecule has 0 spiro atoms. The molecule has 6 heteroatoms. The van der Waals surface area contributed by atoms with Gasteiger partial charge in [0.25, 0.3) is 0 Å². The number of anilines is 1. The molecule has 0 saturated carbocycles. The molecule has 0 bridgehead atoms. The van der Waals surface area contributed by atoms with Crippen LogP contribution in [0, 0.1) is 0 Å². The highest BCUT2D eigenvalue weighted by molar-refractivity contribution is 5.55. The Labute approximate surface area is 123 Å². The van der Waals surface area contributed by atoms with E-state index in [-0.39, 0.29) is 6.54 Å². The predicted molar refractivity (Wildman–Crippen MR) is 78.3 cm³/mol. The van der Waals surface area contributed by atoms with Crippen LogP contribution in [0.25, 0.3) is 0 Å². The molecule has 1 aliphatic heterocycles. The van der Waals surface area contributed by atoms with Gasteiger partial charge in [0.15, 0.2) is 0 Å². The van der Waals surface area contributed by atoms with Gasteiger partial charge in [-0.3, -0.25) is 0 Å². The summed E-state index contributed by atoms with van der Waals surface area (Å²) in [6, 6.07) is 4.20. The van der Waals surface area contributed by atoms with Crippen molar-refractivity contribution >= 4 is 5.69 Å². The summed E-state index contributed by atoms with van der Waals surface area (Å²) in [5, 5.41) is 0. The second kappa shape index (κ2) is 6.23. The quantitative estimate of drug-likeness (QED) is 0.931. The molecule has 118 valence electrons. The highest BCUT2D eigenvalue weighted by atomic mass is 19.4. The van der Waals surface area contributed by atoms with Crippen LogP contribution in [0.1, 0.15) is 24.0 Å². The van der Waals surface area contributed by atoms with Crippen molar-refractivity contribution in [2.24, 2.45) is 5.73 Å². The summed E-state index contributed by atoms with van der Waals surface area (Å²) in [7, 11) is 4.03. The summed E-state index contributed by atoms with van der Waals surface area (Å²) in [4.78, 5) is 4.34. The third-order valence-electron chi connectivity index (χ3n) is 4.24. The van der Waals surface area contributed by atoms with Gasteiger partial charge in [0.1, 0.15) is 0 Å². The maximum atomic E-state index is 12.8. The fraction of sp³-hybridized carbons (Fsp3) is 0.600. The number of benzene rings is 1. The molecular formula is C15H22F3N3. The Hall–Kier alpha value is -1.27. The Balaban J connectivity index is 2.22. The highest BCUT2D eigenvalue weighted by Crippen LogP contribution is 2.33. The van der Waals surface area contributed by atoms with Crippen molar-refractivity contribution in [3.05, 3.63) is 29.3 Å². The number of nitrogens with two attached hydrogens (primary N) is 1. The largest absolute Gasteiger partial charge is 0.416 e. The minimum Gasteiger partial charge on any atom is -0.371 e. The van der Waals surface area contributed by atoms with Crippen LogP contribution in [0.4, 0.5) is 18.9 Å². The van der Waals surface area contributed by atoms with Crippen molar-refractivity contribution in [3.8, 4) is 0 Å². The molecule has 0 aromatic heterocycles. The molecule has 1 aromatic carbocycles. The van der Waals surface area contributed by atoms with Crippen LogP contribution in [0.3, 0.4) is 0 Å². The fourth-order valence-corrected chi connectivity index (χ4v) is 2.85. The first-order valence-corrected chi connectivity index (χ1v) is 7.14. The van der Waals surface area contributed by atoms with Gasteiger partial charge in [-0.15, -0.1) is 0 Å². The van der Waals surface area contributed by atoms with Crippen molar-refractivity contribution in [1.29, 1.82) is 0 Å². The van der Waals surface area contributed by atoms with E-state index in [1.54, 1.807) is 6.07 Å². The zero-order valence-electron chi connectivity index (χ0n) is 12.5. The number of nitrogens with zero attached hydrogens (tertiary/aromatic N) is 2. The van der Waals surface area contributed by atoms with Gasteiger partial charge in [-0.1, -0.05) is 0 Å². The normalized spacial score (nSPS) is 18.0. The Kier molecular flexibility index (Phi) is 4.78. The molecule has 0 aliphatic carbocycles. The second-order valence-electron chi connectivity index (χ2n) is 5.69. The summed E-state index contributed by atoms with van der Waals surface area (Å²) in [6.07, 6.45) is -2.30. The van der Waals surface area contributed by atoms with E-state index < -0.39 is 11.7 Å². The minimum absolute atomic E-state index is 0.107. The first-order chi connectivity index (χ1) is 9.82.